The first-order valence-corrected chi connectivity index (χ1v) is 6.66. The Kier molecular flexibility index (Phi) is 4.07. The summed E-state index contributed by atoms with van der Waals surface area (Å²) in [6.45, 7) is 0.515. The summed E-state index contributed by atoms with van der Waals surface area (Å²) in [5, 5.41) is 0. The van der Waals surface area contributed by atoms with Gasteiger partial charge in [-0.05, 0) is 61.7 Å². The molecule has 0 aromatic heterocycles. The Morgan fingerprint density at radius 3 is 2.12 bits per heavy atom. The van der Waals surface area contributed by atoms with Crippen molar-refractivity contribution in [1.82, 2.24) is 0 Å². The Morgan fingerprint density at radius 1 is 0.941 bits per heavy atom. The van der Waals surface area contributed by atoms with E-state index in [4.69, 9.17) is 10.5 Å². The molecule has 88 valence electrons. The number of benzene rings is 2. The molecule has 2 aromatic carbocycles. The second kappa shape index (κ2) is 5.56. The van der Waals surface area contributed by atoms with Gasteiger partial charge in [0.15, 0.2) is 0 Å². The highest BCUT2D eigenvalue weighted by molar-refractivity contribution is 9.11. The minimum Gasteiger partial charge on any atom is -0.487 e. The van der Waals surface area contributed by atoms with Gasteiger partial charge in [0, 0.05) is 5.69 Å². The number of anilines is 1. The highest BCUT2D eigenvalue weighted by Crippen LogP contribution is 2.33. The van der Waals surface area contributed by atoms with E-state index in [1.54, 1.807) is 0 Å². The maximum atomic E-state index is 5.76. The van der Waals surface area contributed by atoms with Crippen molar-refractivity contribution in [3.8, 4) is 5.75 Å². The van der Waals surface area contributed by atoms with Crippen molar-refractivity contribution < 1.29 is 4.74 Å². The number of rotatable bonds is 3. The van der Waals surface area contributed by atoms with Crippen LogP contribution in [0.2, 0.25) is 0 Å². The minimum absolute atomic E-state index is 0.515. The third kappa shape index (κ3) is 3.23. The Morgan fingerprint density at radius 2 is 1.53 bits per heavy atom. The summed E-state index contributed by atoms with van der Waals surface area (Å²) in [5.41, 5.74) is 7.47. The van der Waals surface area contributed by atoms with Crippen LogP contribution in [0.25, 0.3) is 0 Å². The maximum absolute atomic E-state index is 5.76. The molecule has 0 unspecified atom stereocenters. The minimum atomic E-state index is 0.515. The Balaban J connectivity index is 2.10. The second-order valence-electron chi connectivity index (χ2n) is 3.58. The largest absolute Gasteiger partial charge is 0.487 e. The lowest BCUT2D eigenvalue weighted by Crippen LogP contribution is -1.97. The summed E-state index contributed by atoms with van der Waals surface area (Å²) in [5.74, 6) is 0.810. The number of ether oxygens (including phenoxy) is 1. The predicted octanol–water partition coefficient (Wildman–Crippen LogP) is 4.37. The number of para-hydroxylation sites is 1. The first-order chi connectivity index (χ1) is 8.16. The summed E-state index contributed by atoms with van der Waals surface area (Å²) in [6.07, 6.45) is 0. The van der Waals surface area contributed by atoms with E-state index in [1.165, 1.54) is 0 Å². The molecule has 2 N–H and O–H groups in total. The third-order valence-electron chi connectivity index (χ3n) is 2.28. The Hall–Kier alpha value is -1.00. The van der Waals surface area contributed by atoms with Crippen LogP contribution in [0.15, 0.2) is 51.4 Å². The highest BCUT2D eigenvalue weighted by atomic mass is 79.9. The molecule has 0 bridgehead atoms. The molecule has 0 radical (unpaired) electrons. The van der Waals surface area contributed by atoms with Gasteiger partial charge in [-0.15, -0.1) is 0 Å². The Bertz CT molecular complexity index is 491. The van der Waals surface area contributed by atoms with Crippen molar-refractivity contribution in [2.24, 2.45) is 0 Å². The molecule has 0 fully saturated rings. The smallest absolute Gasteiger partial charge is 0.148 e. The van der Waals surface area contributed by atoms with Crippen molar-refractivity contribution in [2.45, 2.75) is 6.61 Å². The summed E-state index contributed by atoms with van der Waals surface area (Å²) >= 11 is 6.91. The van der Waals surface area contributed by atoms with Crippen LogP contribution in [-0.2, 0) is 6.61 Å². The normalized spacial score (nSPS) is 10.2. The SMILES string of the molecule is Nc1ccc(COc2c(Br)cccc2Br)cc1. The van der Waals surface area contributed by atoms with Gasteiger partial charge in [0.25, 0.3) is 0 Å². The van der Waals surface area contributed by atoms with Gasteiger partial charge in [-0.2, -0.15) is 0 Å². The number of nitrogen functional groups attached to an aromatic ring is 1. The number of hydrogen-bond acceptors (Lipinski definition) is 2. The van der Waals surface area contributed by atoms with Gasteiger partial charge in [-0.25, -0.2) is 0 Å². The van der Waals surface area contributed by atoms with E-state index in [9.17, 15) is 0 Å². The van der Waals surface area contributed by atoms with Crippen molar-refractivity contribution in [2.75, 3.05) is 5.73 Å². The van der Waals surface area contributed by atoms with Gasteiger partial charge < -0.3 is 10.5 Å². The lowest BCUT2D eigenvalue weighted by Gasteiger charge is -2.10. The van der Waals surface area contributed by atoms with Crippen molar-refractivity contribution in [3.63, 3.8) is 0 Å². The average Bonchev–Trinajstić information content (AvgIpc) is 2.31. The molecule has 0 saturated carbocycles. The zero-order valence-electron chi connectivity index (χ0n) is 8.99. The summed E-state index contributed by atoms with van der Waals surface area (Å²) < 4.78 is 7.62. The van der Waals surface area contributed by atoms with Crippen molar-refractivity contribution in [1.29, 1.82) is 0 Å². The van der Waals surface area contributed by atoms with Crippen LogP contribution in [0.3, 0.4) is 0 Å². The molecule has 0 aliphatic carbocycles. The number of hydrogen-bond donors (Lipinski definition) is 1. The molecule has 4 heteroatoms. The highest BCUT2D eigenvalue weighted by Gasteiger charge is 2.05. The first kappa shape index (κ1) is 12.5. The average molecular weight is 357 g/mol. The number of nitrogens with two attached hydrogens (primary N) is 1. The summed E-state index contributed by atoms with van der Waals surface area (Å²) in [4.78, 5) is 0. The van der Waals surface area contributed by atoms with Crippen LogP contribution in [0.5, 0.6) is 5.75 Å². The lowest BCUT2D eigenvalue weighted by molar-refractivity contribution is 0.302. The van der Waals surface area contributed by atoms with E-state index in [1.807, 2.05) is 42.5 Å². The van der Waals surface area contributed by atoms with Crippen LogP contribution < -0.4 is 10.5 Å². The lowest BCUT2D eigenvalue weighted by atomic mass is 10.2. The van der Waals surface area contributed by atoms with Crippen molar-refractivity contribution in [3.05, 3.63) is 57.0 Å². The van der Waals surface area contributed by atoms with Gasteiger partial charge in [-0.1, -0.05) is 18.2 Å². The third-order valence-corrected chi connectivity index (χ3v) is 3.53. The van der Waals surface area contributed by atoms with Crippen molar-refractivity contribution >= 4 is 37.5 Å². The zero-order valence-corrected chi connectivity index (χ0v) is 12.2. The van der Waals surface area contributed by atoms with Crippen LogP contribution >= 0.6 is 31.9 Å². The molecule has 0 spiro atoms. The standard InChI is InChI=1S/C13H11Br2NO/c14-11-2-1-3-12(15)13(11)17-8-9-4-6-10(16)7-5-9/h1-7H,8,16H2. The molecule has 2 nitrogen and oxygen atoms in total. The van der Waals surface area contributed by atoms with Crippen LogP contribution in [0.1, 0.15) is 5.56 Å². The monoisotopic (exact) mass is 355 g/mol. The fraction of sp³-hybridized carbons (Fsp3) is 0.0769. The molecule has 0 aliphatic rings. The van der Waals surface area contributed by atoms with Crippen LogP contribution in [0.4, 0.5) is 5.69 Å². The van der Waals surface area contributed by atoms with Gasteiger partial charge in [-0.3, -0.25) is 0 Å². The molecule has 2 aromatic rings. The fourth-order valence-corrected chi connectivity index (χ4v) is 2.62. The van der Waals surface area contributed by atoms with E-state index in [0.717, 1.165) is 25.9 Å². The van der Waals surface area contributed by atoms with Gasteiger partial charge in [0.05, 0.1) is 8.95 Å². The van der Waals surface area contributed by atoms with E-state index in [-0.39, 0.29) is 0 Å². The van der Waals surface area contributed by atoms with Crippen LogP contribution in [0, 0.1) is 0 Å². The van der Waals surface area contributed by atoms with Crippen LogP contribution in [-0.4, -0.2) is 0 Å². The Labute approximate surface area is 117 Å². The predicted molar refractivity (Wildman–Crippen MR) is 77.0 cm³/mol. The molecular weight excluding hydrogens is 346 g/mol. The quantitative estimate of drug-likeness (QED) is 0.828. The molecule has 0 saturated heterocycles. The molecule has 0 atom stereocenters. The van der Waals surface area contributed by atoms with E-state index >= 15 is 0 Å². The molecule has 0 heterocycles. The van der Waals surface area contributed by atoms with E-state index < -0.39 is 0 Å². The summed E-state index contributed by atoms with van der Waals surface area (Å²) in [7, 11) is 0. The van der Waals surface area contributed by atoms with E-state index in [2.05, 4.69) is 31.9 Å². The molecule has 2 rings (SSSR count). The first-order valence-electron chi connectivity index (χ1n) is 5.08. The molecule has 0 aliphatic heterocycles. The topological polar surface area (TPSA) is 35.2 Å². The van der Waals surface area contributed by atoms with Gasteiger partial charge in [0.1, 0.15) is 12.4 Å². The summed E-state index contributed by atoms with van der Waals surface area (Å²) in [6, 6.07) is 13.5. The van der Waals surface area contributed by atoms with E-state index in [0.29, 0.717) is 6.61 Å². The maximum Gasteiger partial charge on any atom is 0.148 e. The number of halogens is 2. The molecule has 0 amide bonds. The van der Waals surface area contributed by atoms with Gasteiger partial charge >= 0.3 is 0 Å². The molecule has 17 heavy (non-hydrogen) atoms. The fourth-order valence-electron chi connectivity index (χ4n) is 1.39. The molecular formula is C13H11Br2NO. The second-order valence-corrected chi connectivity index (χ2v) is 5.29. The zero-order chi connectivity index (χ0) is 12.3. The van der Waals surface area contributed by atoms with Gasteiger partial charge in [0.2, 0.25) is 0 Å².